The number of benzene rings is 2. The van der Waals surface area contributed by atoms with Crippen LogP contribution in [0.15, 0.2) is 42.5 Å². The number of aromatic hydroxyl groups is 1. The average molecular weight is 501 g/mol. The topological polar surface area (TPSA) is 84.4 Å². The number of likely N-dealkylation sites (N-methyl/N-ethyl adjacent to an activating group) is 2. The summed E-state index contributed by atoms with van der Waals surface area (Å²) in [6.07, 6.45) is 0.417. The zero-order chi connectivity index (χ0) is 27.0. The van der Waals surface area contributed by atoms with Gasteiger partial charge in [-0.2, -0.15) is 0 Å². The molecule has 0 fully saturated rings. The summed E-state index contributed by atoms with van der Waals surface area (Å²) in [7, 11) is 7.14. The molecule has 0 saturated heterocycles. The Balaban J connectivity index is 2.39. The first-order chi connectivity index (χ1) is 17.0. The number of phenolic OH excluding ortho intramolecular Hbond substituents is 1. The minimum absolute atomic E-state index is 0.108. The summed E-state index contributed by atoms with van der Waals surface area (Å²) in [5.74, 6) is -0.723. The number of carbonyl (C=O) groups excluding carboxylic acids is 3. The van der Waals surface area contributed by atoms with Gasteiger partial charge >= 0.3 is 0 Å². The SMILES string of the molecule is CCC(=O)N(C(CN(C)Cc1ccc(F)cc1N(C)C)N(C)C(C)=O)[C@H](C=O)Cc1ccc(O)cc1. The molecule has 0 aliphatic heterocycles. The fourth-order valence-corrected chi connectivity index (χ4v) is 4.17. The highest BCUT2D eigenvalue weighted by Gasteiger charge is 2.34. The molecule has 196 valence electrons. The molecule has 36 heavy (non-hydrogen) atoms. The van der Waals surface area contributed by atoms with Crippen molar-refractivity contribution < 1.29 is 23.9 Å². The van der Waals surface area contributed by atoms with Gasteiger partial charge in [-0.1, -0.05) is 25.1 Å². The smallest absolute Gasteiger partial charge is 0.224 e. The van der Waals surface area contributed by atoms with Crippen LogP contribution in [0.2, 0.25) is 0 Å². The van der Waals surface area contributed by atoms with Gasteiger partial charge in [-0.05, 0) is 48.9 Å². The predicted molar refractivity (Wildman–Crippen MR) is 138 cm³/mol. The van der Waals surface area contributed by atoms with Gasteiger partial charge in [-0.25, -0.2) is 4.39 Å². The standard InChI is InChI=1S/C27H37FN4O4/c1-7-27(36)32(23(18-33)14-20-8-12-24(35)13-9-20)26(31(6)19(2)34)17-30(5)16-21-10-11-22(28)15-25(21)29(3)4/h8-13,15,18,23,26,35H,7,14,16-17H2,1-6H3/t23-,26?/m0/s1. The maximum Gasteiger partial charge on any atom is 0.224 e. The number of anilines is 1. The fourth-order valence-electron chi connectivity index (χ4n) is 4.17. The molecule has 8 nitrogen and oxygen atoms in total. The van der Waals surface area contributed by atoms with Crippen LogP contribution >= 0.6 is 0 Å². The number of hydrogen-bond acceptors (Lipinski definition) is 6. The molecule has 2 atom stereocenters. The minimum atomic E-state index is -0.814. The molecule has 1 N–H and O–H groups in total. The summed E-state index contributed by atoms with van der Waals surface area (Å²) in [4.78, 5) is 44.6. The Morgan fingerprint density at radius 1 is 1.06 bits per heavy atom. The van der Waals surface area contributed by atoms with Crippen molar-refractivity contribution in [3.05, 3.63) is 59.4 Å². The van der Waals surface area contributed by atoms with Gasteiger partial charge in [-0.15, -0.1) is 0 Å². The van der Waals surface area contributed by atoms with E-state index < -0.39 is 12.2 Å². The minimum Gasteiger partial charge on any atom is -0.508 e. The van der Waals surface area contributed by atoms with E-state index in [-0.39, 0.29) is 42.8 Å². The molecular weight excluding hydrogens is 463 g/mol. The molecule has 2 amide bonds. The van der Waals surface area contributed by atoms with Crippen LogP contribution < -0.4 is 4.90 Å². The molecule has 0 bridgehead atoms. The summed E-state index contributed by atoms with van der Waals surface area (Å²) < 4.78 is 13.8. The number of nitrogens with zero attached hydrogens (tertiary/aromatic N) is 4. The third kappa shape index (κ3) is 7.52. The van der Waals surface area contributed by atoms with E-state index in [1.165, 1.54) is 41.0 Å². The molecule has 2 aromatic carbocycles. The lowest BCUT2D eigenvalue weighted by molar-refractivity contribution is -0.149. The third-order valence-electron chi connectivity index (χ3n) is 6.20. The van der Waals surface area contributed by atoms with E-state index >= 15 is 0 Å². The summed E-state index contributed by atoms with van der Waals surface area (Å²) in [5.41, 5.74) is 2.40. The lowest BCUT2D eigenvalue weighted by Crippen LogP contribution is -2.59. The highest BCUT2D eigenvalue weighted by molar-refractivity contribution is 5.81. The van der Waals surface area contributed by atoms with Crippen LogP contribution in [0.5, 0.6) is 5.75 Å². The van der Waals surface area contributed by atoms with Crippen molar-refractivity contribution in [1.29, 1.82) is 0 Å². The number of rotatable bonds is 12. The number of amides is 2. The zero-order valence-corrected chi connectivity index (χ0v) is 21.9. The normalized spacial score (nSPS) is 12.7. The maximum absolute atomic E-state index is 13.8. The number of carbonyl (C=O) groups is 3. The van der Waals surface area contributed by atoms with Crippen LogP contribution in [0.3, 0.4) is 0 Å². The summed E-state index contributed by atoms with van der Waals surface area (Å²) in [5, 5.41) is 9.59. The van der Waals surface area contributed by atoms with Gasteiger partial charge in [0.05, 0.1) is 6.04 Å². The second-order valence-electron chi connectivity index (χ2n) is 9.20. The van der Waals surface area contributed by atoms with E-state index in [9.17, 15) is 23.9 Å². The highest BCUT2D eigenvalue weighted by atomic mass is 19.1. The Morgan fingerprint density at radius 2 is 1.69 bits per heavy atom. The van der Waals surface area contributed by atoms with Gasteiger partial charge < -0.3 is 24.6 Å². The monoisotopic (exact) mass is 500 g/mol. The first-order valence-corrected chi connectivity index (χ1v) is 11.9. The predicted octanol–water partition coefficient (Wildman–Crippen LogP) is 2.88. The molecule has 2 aromatic rings. The van der Waals surface area contributed by atoms with Crippen LogP contribution in [-0.2, 0) is 27.3 Å². The summed E-state index contributed by atoms with van der Waals surface area (Å²) >= 11 is 0. The number of phenols is 1. The van der Waals surface area contributed by atoms with Crippen molar-refractivity contribution in [2.24, 2.45) is 0 Å². The number of halogens is 1. The summed E-state index contributed by atoms with van der Waals surface area (Å²) in [6, 6.07) is 10.2. The lowest BCUT2D eigenvalue weighted by Gasteiger charge is -2.42. The van der Waals surface area contributed by atoms with Gasteiger partial charge in [-0.3, -0.25) is 14.5 Å². The van der Waals surface area contributed by atoms with E-state index in [1.807, 2.05) is 30.9 Å². The first-order valence-electron chi connectivity index (χ1n) is 11.9. The molecule has 0 saturated carbocycles. The van der Waals surface area contributed by atoms with E-state index in [1.54, 1.807) is 32.2 Å². The van der Waals surface area contributed by atoms with E-state index in [0.717, 1.165) is 23.1 Å². The largest absolute Gasteiger partial charge is 0.508 e. The molecule has 9 heteroatoms. The summed E-state index contributed by atoms with van der Waals surface area (Å²) in [6.45, 7) is 3.84. The Labute approximate surface area is 212 Å². The zero-order valence-electron chi connectivity index (χ0n) is 21.9. The van der Waals surface area contributed by atoms with Crippen LogP contribution in [0.25, 0.3) is 0 Å². The molecule has 0 heterocycles. The van der Waals surface area contributed by atoms with Gasteiger partial charge in [0, 0.05) is 53.3 Å². The highest BCUT2D eigenvalue weighted by Crippen LogP contribution is 2.23. The first kappa shape index (κ1) is 28.8. The fraction of sp³-hybridized carbons (Fsp3) is 0.444. The Morgan fingerprint density at radius 3 is 2.22 bits per heavy atom. The second kappa shape index (κ2) is 13.0. The van der Waals surface area contributed by atoms with Gasteiger partial charge in [0.15, 0.2) is 0 Å². The van der Waals surface area contributed by atoms with Crippen molar-refractivity contribution in [1.82, 2.24) is 14.7 Å². The molecule has 0 spiro atoms. The third-order valence-corrected chi connectivity index (χ3v) is 6.20. The molecule has 1 unspecified atom stereocenters. The quantitative estimate of drug-likeness (QED) is 0.356. The number of hydrogen-bond donors (Lipinski definition) is 1. The van der Waals surface area contributed by atoms with Crippen molar-refractivity contribution in [3.63, 3.8) is 0 Å². The molecule has 0 aromatic heterocycles. The second-order valence-corrected chi connectivity index (χ2v) is 9.20. The van der Waals surface area contributed by atoms with Crippen molar-refractivity contribution in [3.8, 4) is 5.75 Å². The van der Waals surface area contributed by atoms with Gasteiger partial charge in [0.1, 0.15) is 24.0 Å². The van der Waals surface area contributed by atoms with E-state index in [4.69, 9.17) is 0 Å². The Hall–Kier alpha value is -3.46. The Kier molecular flexibility index (Phi) is 10.4. The van der Waals surface area contributed by atoms with E-state index in [0.29, 0.717) is 6.54 Å². The molecule has 0 radical (unpaired) electrons. The maximum atomic E-state index is 13.8. The molecule has 0 aliphatic rings. The Bertz CT molecular complexity index is 1040. The van der Waals surface area contributed by atoms with Crippen molar-refractivity contribution in [2.75, 3.05) is 39.6 Å². The van der Waals surface area contributed by atoms with Gasteiger partial charge in [0.2, 0.25) is 11.8 Å². The molecular formula is C27H37FN4O4. The van der Waals surface area contributed by atoms with Crippen LogP contribution in [0.4, 0.5) is 10.1 Å². The number of aldehydes is 1. The van der Waals surface area contributed by atoms with Crippen molar-refractivity contribution >= 4 is 23.8 Å². The van der Waals surface area contributed by atoms with Gasteiger partial charge in [0.25, 0.3) is 0 Å². The average Bonchev–Trinajstić information content (AvgIpc) is 2.84. The van der Waals surface area contributed by atoms with Crippen LogP contribution in [0.1, 0.15) is 31.4 Å². The van der Waals surface area contributed by atoms with E-state index in [2.05, 4.69) is 0 Å². The van der Waals surface area contributed by atoms with Crippen molar-refractivity contribution in [2.45, 2.75) is 45.4 Å². The molecule has 2 rings (SSSR count). The lowest BCUT2D eigenvalue weighted by atomic mass is 10.0. The van der Waals surface area contributed by atoms with Crippen LogP contribution in [0, 0.1) is 5.82 Å². The molecule has 0 aliphatic carbocycles. The van der Waals surface area contributed by atoms with Crippen LogP contribution in [-0.4, -0.2) is 84.8 Å².